The van der Waals surface area contributed by atoms with Gasteiger partial charge in [0, 0.05) is 24.5 Å². The molecule has 2 amide bonds. The van der Waals surface area contributed by atoms with Crippen molar-refractivity contribution in [1.82, 2.24) is 10.2 Å². The van der Waals surface area contributed by atoms with Crippen molar-refractivity contribution in [1.29, 1.82) is 0 Å². The minimum absolute atomic E-state index is 0.122. The third-order valence-corrected chi connectivity index (χ3v) is 6.32. The fraction of sp³-hybridized carbons (Fsp3) is 0.286. The van der Waals surface area contributed by atoms with Crippen molar-refractivity contribution in [3.8, 4) is 5.75 Å². The van der Waals surface area contributed by atoms with Crippen molar-refractivity contribution in [2.45, 2.75) is 32.9 Å². The first kappa shape index (κ1) is 27.7. The Hall–Kier alpha value is -2.90. The van der Waals surface area contributed by atoms with Crippen LogP contribution in [0.3, 0.4) is 0 Å². The molecule has 3 aromatic carbocycles. The molecule has 190 valence electrons. The summed E-state index contributed by atoms with van der Waals surface area (Å²) in [5, 5.41) is 3.50. The molecule has 0 fully saturated rings. The average molecular weight is 576 g/mol. The van der Waals surface area contributed by atoms with E-state index in [2.05, 4.69) is 21.2 Å². The molecular weight excluding hydrogens is 547 g/mol. The van der Waals surface area contributed by atoms with Crippen molar-refractivity contribution in [2.24, 2.45) is 5.92 Å². The van der Waals surface area contributed by atoms with E-state index in [9.17, 15) is 14.0 Å². The molecule has 0 saturated carbocycles. The Labute approximate surface area is 224 Å². The van der Waals surface area contributed by atoms with Gasteiger partial charge in [-0.2, -0.15) is 0 Å². The van der Waals surface area contributed by atoms with Crippen molar-refractivity contribution in [2.75, 3.05) is 13.2 Å². The van der Waals surface area contributed by atoms with Crippen LogP contribution in [0.15, 0.2) is 77.3 Å². The van der Waals surface area contributed by atoms with Gasteiger partial charge in [0.05, 0.1) is 4.47 Å². The molecule has 3 aromatic rings. The largest absolute Gasteiger partial charge is 0.483 e. The number of benzene rings is 3. The molecule has 0 aliphatic carbocycles. The van der Waals surface area contributed by atoms with Crippen LogP contribution < -0.4 is 10.1 Å². The van der Waals surface area contributed by atoms with Gasteiger partial charge in [-0.3, -0.25) is 9.59 Å². The van der Waals surface area contributed by atoms with Crippen molar-refractivity contribution in [3.63, 3.8) is 0 Å². The molecule has 1 atom stereocenters. The van der Waals surface area contributed by atoms with E-state index in [1.807, 2.05) is 44.2 Å². The molecule has 0 heterocycles. The number of amides is 2. The van der Waals surface area contributed by atoms with E-state index in [4.69, 9.17) is 16.3 Å². The zero-order chi connectivity index (χ0) is 26.1. The van der Waals surface area contributed by atoms with Crippen molar-refractivity contribution >= 4 is 39.3 Å². The van der Waals surface area contributed by atoms with Gasteiger partial charge in [0.1, 0.15) is 17.6 Å². The number of rotatable bonds is 11. The smallest absolute Gasteiger partial charge is 0.261 e. The molecule has 1 N–H and O–H groups in total. The molecule has 36 heavy (non-hydrogen) atoms. The maximum absolute atomic E-state index is 13.5. The summed E-state index contributed by atoms with van der Waals surface area (Å²) in [6.07, 6.45) is 0.322. The van der Waals surface area contributed by atoms with E-state index in [1.165, 1.54) is 17.0 Å². The second-order valence-electron chi connectivity index (χ2n) is 8.86. The number of hydrogen-bond acceptors (Lipinski definition) is 3. The summed E-state index contributed by atoms with van der Waals surface area (Å²) >= 11 is 9.40. The molecule has 0 radical (unpaired) electrons. The minimum Gasteiger partial charge on any atom is -0.483 e. The first-order valence-electron chi connectivity index (χ1n) is 11.7. The van der Waals surface area contributed by atoms with Crippen LogP contribution >= 0.6 is 27.5 Å². The third-order valence-electron chi connectivity index (χ3n) is 5.47. The molecule has 0 aliphatic rings. The maximum atomic E-state index is 13.5. The highest BCUT2D eigenvalue weighted by molar-refractivity contribution is 9.10. The third kappa shape index (κ3) is 8.35. The van der Waals surface area contributed by atoms with Crippen molar-refractivity contribution < 1.29 is 18.7 Å². The highest BCUT2D eigenvalue weighted by Gasteiger charge is 2.31. The standard InChI is InChI=1S/C28H29BrClFN2O3/c1-19(2)16-32-28(35)25(14-20-6-4-3-5-7-20)33(17-21-8-11-23(31)12-9-21)27(34)18-36-26-13-10-22(30)15-24(26)29/h3-13,15,19,25H,14,16-18H2,1-2H3,(H,32,35). The molecule has 0 bridgehead atoms. The summed E-state index contributed by atoms with van der Waals surface area (Å²) < 4.78 is 19.9. The van der Waals surface area contributed by atoms with Gasteiger partial charge in [0.2, 0.25) is 5.91 Å². The number of nitrogens with zero attached hydrogens (tertiary/aromatic N) is 1. The van der Waals surface area contributed by atoms with E-state index in [1.54, 1.807) is 30.3 Å². The molecule has 0 spiro atoms. The molecule has 1 unspecified atom stereocenters. The number of carbonyl (C=O) groups excluding carboxylic acids is 2. The van der Waals surface area contributed by atoms with E-state index < -0.39 is 6.04 Å². The normalized spacial score (nSPS) is 11.7. The van der Waals surface area contributed by atoms with Crippen LogP contribution in [0.5, 0.6) is 5.75 Å². The number of nitrogens with one attached hydrogen (secondary N) is 1. The van der Waals surface area contributed by atoms with Crippen LogP contribution in [0.4, 0.5) is 4.39 Å². The van der Waals surface area contributed by atoms with Gasteiger partial charge in [-0.1, -0.05) is 67.9 Å². The minimum atomic E-state index is -0.791. The fourth-order valence-corrected chi connectivity index (χ4v) is 4.37. The Kier molecular flexibility index (Phi) is 10.3. The molecule has 0 saturated heterocycles. The lowest BCUT2D eigenvalue weighted by atomic mass is 10.0. The van der Waals surface area contributed by atoms with Gasteiger partial charge in [0.15, 0.2) is 6.61 Å². The monoisotopic (exact) mass is 574 g/mol. The lowest BCUT2D eigenvalue weighted by molar-refractivity contribution is -0.142. The lowest BCUT2D eigenvalue weighted by Gasteiger charge is -2.31. The van der Waals surface area contributed by atoms with Crippen LogP contribution in [0.25, 0.3) is 0 Å². The van der Waals surface area contributed by atoms with Crippen molar-refractivity contribution in [3.05, 3.63) is 99.2 Å². The molecule has 5 nitrogen and oxygen atoms in total. The first-order valence-corrected chi connectivity index (χ1v) is 12.8. The van der Waals surface area contributed by atoms with Crippen LogP contribution in [0.2, 0.25) is 5.02 Å². The summed E-state index contributed by atoms with van der Waals surface area (Å²) in [6, 6.07) is 19.6. The topological polar surface area (TPSA) is 58.6 Å². The SMILES string of the molecule is CC(C)CNC(=O)C(Cc1ccccc1)N(Cc1ccc(F)cc1)C(=O)COc1ccc(Cl)cc1Br. The number of hydrogen-bond donors (Lipinski definition) is 1. The summed E-state index contributed by atoms with van der Waals surface area (Å²) in [6.45, 7) is 4.33. The summed E-state index contributed by atoms with van der Waals surface area (Å²) in [4.78, 5) is 28.4. The van der Waals surface area contributed by atoms with Gasteiger partial charge < -0.3 is 15.0 Å². The first-order chi connectivity index (χ1) is 17.2. The fourth-order valence-electron chi connectivity index (χ4n) is 3.58. The number of halogens is 3. The predicted octanol–water partition coefficient (Wildman–Crippen LogP) is 6.03. The van der Waals surface area contributed by atoms with Gasteiger partial charge in [-0.25, -0.2) is 4.39 Å². The molecule has 0 aliphatic heterocycles. The van der Waals surface area contributed by atoms with Gasteiger partial charge in [-0.05, 0) is 63.3 Å². The molecule has 0 aromatic heterocycles. The second-order valence-corrected chi connectivity index (χ2v) is 10.1. The molecule has 3 rings (SSSR count). The second kappa shape index (κ2) is 13.4. The Morgan fingerprint density at radius 3 is 2.36 bits per heavy atom. The van der Waals surface area contributed by atoms with Crippen LogP contribution in [0, 0.1) is 11.7 Å². The van der Waals surface area contributed by atoms with Gasteiger partial charge in [-0.15, -0.1) is 0 Å². The zero-order valence-corrected chi connectivity index (χ0v) is 22.6. The summed E-state index contributed by atoms with van der Waals surface area (Å²) in [7, 11) is 0. The number of carbonyl (C=O) groups is 2. The zero-order valence-electron chi connectivity index (χ0n) is 20.2. The van der Waals surface area contributed by atoms with Crippen LogP contribution in [0.1, 0.15) is 25.0 Å². The van der Waals surface area contributed by atoms with E-state index in [0.29, 0.717) is 33.8 Å². The highest BCUT2D eigenvalue weighted by Crippen LogP contribution is 2.28. The summed E-state index contributed by atoms with van der Waals surface area (Å²) in [5.41, 5.74) is 1.62. The Morgan fingerprint density at radius 1 is 1.03 bits per heavy atom. The quantitative estimate of drug-likeness (QED) is 0.304. The Balaban J connectivity index is 1.90. The Morgan fingerprint density at radius 2 is 1.72 bits per heavy atom. The maximum Gasteiger partial charge on any atom is 0.261 e. The lowest BCUT2D eigenvalue weighted by Crippen LogP contribution is -2.52. The highest BCUT2D eigenvalue weighted by atomic mass is 79.9. The van der Waals surface area contributed by atoms with Crippen LogP contribution in [-0.2, 0) is 22.6 Å². The van der Waals surface area contributed by atoms with E-state index >= 15 is 0 Å². The van der Waals surface area contributed by atoms with Gasteiger partial charge in [0.25, 0.3) is 5.91 Å². The van der Waals surface area contributed by atoms with E-state index in [-0.39, 0.29) is 36.7 Å². The number of ether oxygens (including phenoxy) is 1. The van der Waals surface area contributed by atoms with Crippen LogP contribution in [-0.4, -0.2) is 35.9 Å². The van der Waals surface area contributed by atoms with E-state index in [0.717, 1.165) is 5.56 Å². The molecule has 8 heteroatoms. The summed E-state index contributed by atoms with van der Waals surface area (Å²) in [5.74, 6) is -0.294. The Bertz CT molecular complexity index is 1160. The average Bonchev–Trinajstić information content (AvgIpc) is 2.85. The van der Waals surface area contributed by atoms with Gasteiger partial charge >= 0.3 is 0 Å². The predicted molar refractivity (Wildman–Crippen MR) is 143 cm³/mol. The molecular formula is C28H29BrClFN2O3.